The molecule has 0 aliphatic heterocycles. The smallest absolute Gasteiger partial charge is 0.408 e. The van der Waals surface area contributed by atoms with Crippen molar-refractivity contribution in [1.82, 2.24) is 5.32 Å². The Kier molecular flexibility index (Phi) is 5.63. The highest BCUT2D eigenvalue weighted by Gasteiger charge is 2.34. The van der Waals surface area contributed by atoms with Crippen molar-refractivity contribution < 1.29 is 29.5 Å². The molecule has 1 amide bonds. The molecule has 0 bridgehead atoms. The second kappa shape index (κ2) is 7.05. The fourth-order valence-corrected chi connectivity index (χ4v) is 1.82. The number of rotatable bonds is 5. The van der Waals surface area contributed by atoms with E-state index < -0.39 is 40.4 Å². The third-order valence-electron chi connectivity index (χ3n) is 2.71. The minimum Gasteiger partial charge on any atom is -0.479 e. The van der Waals surface area contributed by atoms with Gasteiger partial charge in [0.15, 0.2) is 6.10 Å². The maximum absolute atomic E-state index is 11.8. The van der Waals surface area contributed by atoms with E-state index in [0.29, 0.717) is 0 Å². The van der Waals surface area contributed by atoms with Gasteiger partial charge in [-0.3, -0.25) is 10.1 Å². The van der Waals surface area contributed by atoms with Gasteiger partial charge in [0.05, 0.1) is 10.5 Å². The second-order valence-corrected chi connectivity index (χ2v) is 5.72. The number of alkyl carbamates (subject to hydrolysis) is 1. The Hall–Kier alpha value is -2.68. The highest BCUT2D eigenvalue weighted by Crippen LogP contribution is 2.27. The number of nitrogens with one attached hydrogen (secondary N) is 1. The number of amides is 1. The Morgan fingerprint density at radius 1 is 1.30 bits per heavy atom. The lowest BCUT2D eigenvalue weighted by molar-refractivity contribution is -0.385. The molecular formula is C14H18N2O7. The topological polar surface area (TPSA) is 139 Å². The van der Waals surface area contributed by atoms with Gasteiger partial charge in [0.25, 0.3) is 5.69 Å². The number of benzene rings is 1. The zero-order valence-electron chi connectivity index (χ0n) is 12.8. The molecule has 3 N–H and O–H groups in total. The number of hydrogen-bond acceptors (Lipinski definition) is 6. The molecule has 1 rings (SSSR count). The number of aliphatic carboxylic acids is 1. The van der Waals surface area contributed by atoms with Crippen molar-refractivity contribution in [3.05, 3.63) is 39.9 Å². The molecule has 1 aromatic rings. The van der Waals surface area contributed by atoms with Gasteiger partial charge >= 0.3 is 12.1 Å². The Labute approximate surface area is 132 Å². The van der Waals surface area contributed by atoms with Crippen LogP contribution >= 0.6 is 0 Å². The molecule has 0 fully saturated rings. The summed E-state index contributed by atoms with van der Waals surface area (Å²) in [6.45, 7) is 4.79. The van der Waals surface area contributed by atoms with Gasteiger partial charge in [-0.15, -0.1) is 0 Å². The fourth-order valence-electron chi connectivity index (χ4n) is 1.82. The molecule has 126 valence electrons. The van der Waals surface area contributed by atoms with E-state index in [-0.39, 0.29) is 5.56 Å². The van der Waals surface area contributed by atoms with Crippen LogP contribution in [0, 0.1) is 10.1 Å². The van der Waals surface area contributed by atoms with E-state index >= 15 is 0 Å². The summed E-state index contributed by atoms with van der Waals surface area (Å²) in [6.07, 6.45) is -3.08. The zero-order valence-corrected chi connectivity index (χ0v) is 12.8. The van der Waals surface area contributed by atoms with Gasteiger partial charge in [-0.1, -0.05) is 12.1 Å². The number of nitro groups is 1. The van der Waals surface area contributed by atoms with Crippen LogP contribution in [0.15, 0.2) is 24.3 Å². The van der Waals surface area contributed by atoms with Gasteiger partial charge in [-0.2, -0.15) is 0 Å². The minimum atomic E-state index is -2.08. The van der Waals surface area contributed by atoms with E-state index in [9.17, 15) is 24.8 Å². The first kappa shape index (κ1) is 18.4. The largest absolute Gasteiger partial charge is 0.479 e. The molecule has 0 radical (unpaired) electrons. The first-order chi connectivity index (χ1) is 10.5. The third-order valence-corrected chi connectivity index (χ3v) is 2.71. The van der Waals surface area contributed by atoms with Crippen LogP contribution in [0.25, 0.3) is 0 Å². The maximum Gasteiger partial charge on any atom is 0.408 e. The van der Waals surface area contributed by atoms with Crippen LogP contribution in [0.1, 0.15) is 32.4 Å². The number of para-hydroxylation sites is 1. The van der Waals surface area contributed by atoms with Crippen LogP contribution in [0.3, 0.4) is 0 Å². The van der Waals surface area contributed by atoms with Gasteiger partial charge in [0.1, 0.15) is 11.6 Å². The fraction of sp³-hybridized carbons (Fsp3) is 0.429. The number of carbonyl (C=O) groups is 2. The number of carboxylic acids is 1. The van der Waals surface area contributed by atoms with E-state index in [1.165, 1.54) is 18.2 Å². The summed E-state index contributed by atoms with van der Waals surface area (Å²) >= 11 is 0. The summed E-state index contributed by atoms with van der Waals surface area (Å²) in [5.74, 6) is -1.63. The van der Waals surface area contributed by atoms with Crippen molar-refractivity contribution in [3.63, 3.8) is 0 Å². The monoisotopic (exact) mass is 326 g/mol. The predicted molar refractivity (Wildman–Crippen MR) is 78.8 cm³/mol. The molecule has 2 atom stereocenters. The zero-order chi connectivity index (χ0) is 17.8. The molecule has 9 heteroatoms. The van der Waals surface area contributed by atoms with Crippen LogP contribution in [-0.2, 0) is 9.53 Å². The summed E-state index contributed by atoms with van der Waals surface area (Å²) in [5.41, 5.74) is -1.42. The van der Waals surface area contributed by atoms with E-state index in [1.807, 2.05) is 0 Å². The molecule has 0 saturated heterocycles. The number of ether oxygens (including phenoxy) is 1. The Morgan fingerprint density at radius 2 is 1.87 bits per heavy atom. The van der Waals surface area contributed by atoms with Crippen molar-refractivity contribution in [2.24, 2.45) is 0 Å². The summed E-state index contributed by atoms with van der Waals surface area (Å²) < 4.78 is 5.00. The molecule has 0 aliphatic rings. The normalized spacial score (nSPS) is 13.7. The SMILES string of the molecule is CC(C)(C)OC(=O)N[C@@H](c1ccccc1[N+](=O)[O-])[C@H](O)C(=O)O. The number of nitrogens with zero attached hydrogens (tertiary/aromatic N) is 1. The number of aliphatic hydroxyl groups excluding tert-OH is 1. The van der Waals surface area contributed by atoms with Crippen molar-refractivity contribution >= 4 is 17.7 Å². The summed E-state index contributed by atoms with van der Waals surface area (Å²) in [7, 11) is 0. The summed E-state index contributed by atoms with van der Waals surface area (Å²) in [4.78, 5) is 33.2. The average Bonchev–Trinajstić information content (AvgIpc) is 2.42. The lowest BCUT2D eigenvalue weighted by Crippen LogP contribution is -2.42. The van der Waals surface area contributed by atoms with Crippen LogP contribution in [-0.4, -0.2) is 38.9 Å². The van der Waals surface area contributed by atoms with Crippen molar-refractivity contribution in [2.75, 3.05) is 0 Å². The Bertz CT molecular complexity index is 609. The molecule has 0 aromatic heterocycles. The highest BCUT2D eigenvalue weighted by atomic mass is 16.6. The Morgan fingerprint density at radius 3 is 2.35 bits per heavy atom. The van der Waals surface area contributed by atoms with Crippen molar-refractivity contribution in [3.8, 4) is 0 Å². The molecule has 9 nitrogen and oxygen atoms in total. The molecule has 0 heterocycles. The molecule has 0 spiro atoms. The number of aliphatic hydroxyl groups is 1. The standard InChI is InChI=1S/C14H18N2O7/c1-14(2,3)23-13(20)15-10(11(17)12(18)19)8-6-4-5-7-9(8)16(21)22/h4-7,10-11,17H,1-3H3,(H,15,20)(H,18,19)/t10-,11-/m0/s1. The van der Waals surface area contributed by atoms with E-state index in [1.54, 1.807) is 20.8 Å². The molecular weight excluding hydrogens is 308 g/mol. The van der Waals surface area contributed by atoms with Gasteiger partial charge in [-0.25, -0.2) is 9.59 Å². The van der Waals surface area contributed by atoms with Gasteiger partial charge in [0.2, 0.25) is 0 Å². The quantitative estimate of drug-likeness (QED) is 0.551. The summed E-state index contributed by atoms with van der Waals surface area (Å²) in [5, 5.41) is 32.0. The highest BCUT2D eigenvalue weighted by molar-refractivity contribution is 5.76. The van der Waals surface area contributed by atoms with Gasteiger partial charge in [0, 0.05) is 6.07 Å². The predicted octanol–water partition coefficient (Wildman–Crippen LogP) is 1.61. The first-order valence-electron chi connectivity index (χ1n) is 6.66. The van der Waals surface area contributed by atoms with Crippen LogP contribution in [0.2, 0.25) is 0 Å². The molecule has 0 unspecified atom stereocenters. The number of carbonyl (C=O) groups excluding carboxylic acids is 1. The molecule has 1 aromatic carbocycles. The third kappa shape index (κ3) is 5.22. The number of nitro benzene ring substituents is 1. The van der Waals surface area contributed by atoms with Crippen molar-refractivity contribution in [2.45, 2.75) is 38.5 Å². The molecule has 0 aliphatic carbocycles. The number of carboxylic acid groups (broad SMARTS) is 1. The first-order valence-corrected chi connectivity index (χ1v) is 6.66. The van der Waals surface area contributed by atoms with Gasteiger partial charge in [-0.05, 0) is 26.8 Å². The second-order valence-electron chi connectivity index (χ2n) is 5.72. The lowest BCUT2D eigenvalue weighted by Gasteiger charge is -2.25. The lowest BCUT2D eigenvalue weighted by atomic mass is 9.99. The molecule has 23 heavy (non-hydrogen) atoms. The minimum absolute atomic E-state index is 0.141. The van der Waals surface area contributed by atoms with Crippen LogP contribution in [0.4, 0.5) is 10.5 Å². The van der Waals surface area contributed by atoms with Crippen LogP contribution < -0.4 is 5.32 Å². The van der Waals surface area contributed by atoms with Crippen molar-refractivity contribution in [1.29, 1.82) is 0 Å². The Balaban J connectivity index is 3.20. The number of hydrogen-bond donors (Lipinski definition) is 3. The average molecular weight is 326 g/mol. The maximum atomic E-state index is 11.8. The van der Waals surface area contributed by atoms with E-state index in [2.05, 4.69) is 5.32 Å². The van der Waals surface area contributed by atoms with E-state index in [0.717, 1.165) is 6.07 Å². The van der Waals surface area contributed by atoms with Gasteiger partial charge < -0.3 is 20.3 Å². The molecule has 0 saturated carbocycles. The van der Waals surface area contributed by atoms with E-state index in [4.69, 9.17) is 9.84 Å². The summed E-state index contributed by atoms with van der Waals surface area (Å²) in [6, 6.07) is 3.68. The van der Waals surface area contributed by atoms with Crippen LogP contribution in [0.5, 0.6) is 0 Å².